The molecule has 2 nitrogen and oxygen atoms in total. The van der Waals surface area contributed by atoms with E-state index in [0.717, 1.165) is 0 Å². The molecule has 4 aromatic carbocycles. The maximum atomic E-state index is 4.60. The summed E-state index contributed by atoms with van der Waals surface area (Å²) >= 11 is 0. The van der Waals surface area contributed by atoms with Crippen LogP contribution in [0.5, 0.6) is 0 Å². The third-order valence-electron chi connectivity index (χ3n) is 6.16. The number of benzene rings is 4. The highest BCUT2D eigenvalue weighted by atomic mass is 14.9. The van der Waals surface area contributed by atoms with Crippen LogP contribution in [0.25, 0.3) is 54.7 Å². The SMILES string of the molecule is C#CC.Cn1c2ccccc2c2cc(-c3ccc4c(c3)c3ccccc3n4C)ccc21. The van der Waals surface area contributed by atoms with E-state index in [0.29, 0.717) is 0 Å². The predicted molar refractivity (Wildman–Crippen MR) is 134 cm³/mol. The van der Waals surface area contributed by atoms with E-state index in [1.165, 1.54) is 54.7 Å². The van der Waals surface area contributed by atoms with Gasteiger partial charge in [0.15, 0.2) is 0 Å². The van der Waals surface area contributed by atoms with E-state index in [-0.39, 0.29) is 0 Å². The number of hydrogen-bond donors (Lipinski definition) is 0. The Morgan fingerprint density at radius 3 is 1.32 bits per heavy atom. The van der Waals surface area contributed by atoms with E-state index in [1.54, 1.807) is 6.92 Å². The average Bonchev–Trinajstić information content (AvgIpc) is 3.26. The minimum atomic E-state index is 1.26. The van der Waals surface area contributed by atoms with Crippen molar-refractivity contribution in [2.24, 2.45) is 14.1 Å². The Labute approximate surface area is 182 Å². The van der Waals surface area contributed by atoms with E-state index in [1.807, 2.05) is 0 Å². The minimum Gasteiger partial charge on any atom is -0.344 e. The van der Waals surface area contributed by atoms with Gasteiger partial charge in [0.05, 0.1) is 0 Å². The largest absolute Gasteiger partial charge is 0.344 e. The molecule has 6 rings (SSSR count). The van der Waals surface area contributed by atoms with E-state index < -0.39 is 0 Å². The Morgan fingerprint density at radius 1 is 0.548 bits per heavy atom. The second kappa shape index (κ2) is 7.38. The molecule has 2 heterocycles. The minimum absolute atomic E-state index is 1.26. The van der Waals surface area contributed by atoms with Crippen molar-refractivity contribution < 1.29 is 0 Å². The van der Waals surface area contributed by atoms with Gasteiger partial charge in [-0.3, -0.25) is 0 Å². The monoisotopic (exact) mass is 400 g/mol. The van der Waals surface area contributed by atoms with Crippen molar-refractivity contribution >= 4 is 43.6 Å². The first-order chi connectivity index (χ1) is 15.1. The first kappa shape index (κ1) is 19.0. The zero-order valence-electron chi connectivity index (χ0n) is 18.1. The van der Waals surface area contributed by atoms with Crippen LogP contribution in [0.15, 0.2) is 84.9 Å². The molecule has 0 saturated heterocycles. The van der Waals surface area contributed by atoms with Gasteiger partial charge in [-0.15, -0.1) is 12.3 Å². The van der Waals surface area contributed by atoms with Crippen LogP contribution in [0, 0.1) is 12.3 Å². The standard InChI is InChI=1S/C26H20N2.C3H4/c1-27-23-9-5-3-7-19(23)21-15-17(11-13-25(21)27)18-12-14-26-22(16-18)20-8-4-6-10-24(20)28(26)2;1-3-2/h3-16H,1-2H3;1H,2H3. The maximum Gasteiger partial charge on any atom is 0.0489 e. The molecule has 0 radical (unpaired) electrons. The van der Waals surface area contributed by atoms with Gasteiger partial charge in [0.25, 0.3) is 0 Å². The van der Waals surface area contributed by atoms with Crippen molar-refractivity contribution in [1.82, 2.24) is 9.13 Å². The first-order valence-corrected chi connectivity index (χ1v) is 10.5. The summed E-state index contributed by atoms with van der Waals surface area (Å²) in [6.45, 7) is 1.65. The number of rotatable bonds is 1. The molecule has 31 heavy (non-hydrogen) atoms. The predicted octanol–water partition coefficient (Wildman–Crippen LogP) is 7.28. The Bertz CT molecular complexity index is 1500. The van der Waals surface area contributed by atoms with E-state index in [9.17, 15) is 0 Å². The summed E-state index contributed by atoms with van der Waals surface area (Å²) in [6.07, 6.45) is 4.60. The Balaban J connectivity index is 0.000000646. The summed E-state index contributed by atoms with van der Waals surface area (Å²) in [4.78, 5) is 0. The molecule has 0 N–H and O–H groups in total. The van der Waals surface area contributed by atoms with Gasteiger partial charge in [0, 0.05) is 57.7 Å². The quantitative estimate of drug-likeness (QED) is 0.257. The number of aromatic nitrogens is 2. The number of para-hydroxylation sites is 2. The van der Waals surface area contributed by atoms with Crippen molar-refractivity contribution in [2.45, 2.75) is 6.92 Å². The van der Waals surface area contributed by atoms with Crippen molar-refractivity contribution in [3.8, 4) is 23.5 Å². The normalized spacial score (nSPS) is 11.0. The summed E-state index contributed by atoms with van der Waals surface area (Å²) in [7, 11) is 4.29. The topological polar surface area (TPSA) is 9.86 Å². The Hall–Kier alpha value is -3.96. The lowest BCUT2D eigenvalue weighted by Gasteiger charge is -2.05. The van der Waals surface area contributed by atoms with E-state index in [4.69, 9.17) is 0 Å². The molecule has 0 unspecified atom stereocenters. The average molecular weight is 401 g/mol. The summed E-state index contributed by atoms with van der Waals surface area (Å²) in [5.74, 6) is 2.25. The van der Waals surface area contributed by atoms with Crippen LogP contribution in [0.2, 0.25) is 0 Å². The number of hydrogen-bond acceptors (Lipinski definition) is 0. The Kier molecular flexibility index (Phi) is 4.53. The summed E-state index contributed by atoms with van der Waals surface area (Å²) in [5, 5.41) is 5.25. The lowest BCUT2D eigenvalue weighted by Crippen LogP contribution is -1.87. The second-order valence-corrected chi connectivity index (χ2v) is 7.90. The van der Waals surface area contributed by atoms with Gasteiger partial charge < -0.3 is 9.13 Å². The highest BCUT2D eigenvalue weighted by Gasteiger charge is 2.11. The molecule has 0 aliphatic carbocycles. The van der Waals surface area contributed by atoms with Crippen LogP contribution in [-0.2, 0) is 14.1 Å². The van der Waals surface area contributed by atoms with Crippen LogP contribution >= 0.6 is 0 Å². The van der Waals surface area contributed by atoms with Gasteiger partial charge in [-0.1, -0.05) is 48.5 Å². The van der Waals surface area contributed by atoms with Gasteiger partial charge in [-0.25, -0.2) is 0 Å². The van der Waals surface area contributed by atoms with E-state index >= 15 is 0 Å². The van der Waals surface area contributed by atoms with Crippen molar-refractivity contribution in [3.05, 3.63) is 84.9 Å². The molecule has 0 aliphatic heterocycles. The third-order valence-corrected chi connectivity index (χ3v) is 6.16. The number of fused-ring (bicyclic) bond motifs is 6. The van der Waals surface area contributed by atoms with E-state index in [2.05, 4.69) is 121 Å². The molecular weight excluding hydrogens is 376 g/mol. The molecule has 2 aromatic heterocycles. The zero-order valence-corrected chi connectivity index (χ0v) is 18.1. The van der Waals surface area contributed by atoms with Crippen molar-refractivity contribution in [2.75, 3.05) is 0 Å². The molecule has 0 aliphatic rings. The van der Waals surface area contributed by atoms with Crippen molar-refractivity contribution in [3.63, 3.8) is 0 Å². The lowest BCUT2D eigenvalue weighted by atomic mass is 10.0. The van der Waals surface area contributed by atoms with Gasteiger partial charge in [0.2, 0.25) is 0 Å². The van der Waals surface area contributed by atoms with Crippen LogP contribution in [0.4, 0.5) is 0 Å². The second-order valence-electron chi connectivity index (χ2n) is 7.90. The first-order valence-electron chi connectivity index (χ1n) is 10.5. The van der Waals surface area contributed by atoms with Crippen LogP contribution < -0.4 is 0 Å². The molecule has 0 saturated carbocycles. The number of nitrogens with zero attached hydrogens (tertiary/aromatic N) is 2. The summed E-state index contributed by atoms with van der Waals surface area (Å²) in [5.41, 5.74) is 7.63. The molecule has 0 fully saturated rings. The fourth-order valence-corrected chi connectivity index (χ4v) is 4.69. The summed E-state index contributed by atoms with van der Waals surface area (Å²) in [6, 6.07) is 30.9. The molecule has 0 spiro atoms. The molecule has 0 atom stereocenters. The van der Waals surface area contributed by atoms with Crippen LogP contribution in [0.1, 0.15) is 6.92 Å². The van der Waals surface area contributed by atoms with Crippen LogP contribution in [0.3, 0.4) is 0 Å². The number of aryl methyl sites for hydroxylation is 2. The third kappa shape index (κ3) is 2.90. The number of terminal acetylenes is 1. The van der Waals surface area contributed by atoms with Crippen molar-refractivity contribution in [1.29, 1.82) is 0 Å². The van der Waals surface area contributed by atoms with Gasteiger partial charge in [-0.2, -0.15) is 0 Å². The zero-order chi connectivity index (χ0) is 21.5. The smallest absolute Gasteiger partial charge is 0.0489 e. The molecule has 2 heteroatoms. The molecule has 6 aromatic rings. The van der Waals surface area contributed by atoms with Gasteiger partial charge >= 0.3 is 0 Å². The molecular formula is C29H24N2. The summed E-state index contributed by atoms with van der Waals surface area (Å²) < 4.78 is 4.56. The Morgan fingerprint density at radius 2 is 0.903 bits per heavy atom. The molecule has 0 bridgehead atoms. The fraction of sp³-hybridized carbons (Fsp3) is 0.103. The van der Waals surface area contributed by atoms with Gasteiger partial charge in [-0.05, 0) is 54.4 Å². The highest BCUT2D eigenvalue weighted by molar-refractivity contribution is 6.11. The molecule has 150 valence electrons. The lowest BCUT2D eigenvalue weighted by molar-refractivity contribution is 1.01. The maximum absolute atomic E-state index is 4.60. The fourth-order valence-electron chi connectivity index (χ4n) is 4.69. The van der Waals surface area contributed by atoms with Gasteiger partial charge in [0.1, 0.15) is 0 Å². The molecule has 0 amide bonds. The highest BCUT2D eigenvalue weighted by Crippen LogP contribution is 2.35. The van der Waals surface area contributed by atoms with Crippen LogP contribution in [-0.4, -0.2) is 9.13 Å².